The SMILES string of the molecule is CN1CCN(c2ccc3nc(NCc4ccccc4)[nH]c3c2)CC1. The maximum absolute atomic E-state index is 4.63. The molecule has 1 aliphatic rings. The number of piperazine rings is 1. The first kappa shape index (κ1) is 15.0. The van der Waals surface area contributed by atoms with Crippen LogP contribution in [0.4, 0.5) is 11.6 Å². The lowest BCUT2D eigenvalue weighted by atomic mass is 10.2. The molecule has 2 heterocycles. The zero-order valence-electron chi connectivity index (χ0n) is 14.0. The van der Waals surface area contributed by atoms with Gasteiger partial charge in [0.15, 0.2) is 0 Å². The Labute approximate surface area is 142 Å². The van der Waals surface area contributed by atoms with Gasteiger partial charge in [0.2, 0.25) is 5.95 Å². The summed E-state index contributed by atoms with van der Waals surface area (Å²) in [4.78, 5) is 12.8. The highest BCUT2D eigenvalue weighted by molar-refractivity contribution is 5.81. The summed E-state index contributed by atoms with van der Waals surface area (Å²) in [6, 6.07) is 16.9. The number of anilines is 2. The fourth-order valence-electron chi connectivity index (χ4n) is 3.12. The molecule has 3 aromatic rings. The van der Waals surface area contributed by atoms with E-state index in [-0.39, 0.29) is 0 Å². The average Bonchev–Trinajstić information content (AvgIpc) is 3.03. The highest BCUT2D eigenvalue weighted by Crippen LogP contribution is 2.23. The molecule has 0 aliphatic carbocycles. The minimum Gasteiger partial charge on any atom is -0.369 e. The Morgan fingerprint density at radius 3 is 2.62 bits per heavy atom. The highest BCUT2D eigenvalue weighted by atomic mass is 15.2. The van der Waals surface area contributed by atoms with Gasteiger partial charge in [0.1, 0.15) is 0 Å². The van der Waals surface area contributed by atoms with Gasteiger partial charge in [-0.3, -0.25) is 0 Å². The number of hydrogen-bond donors (Lipinski definition) is 2. The predicted molar refractivity (Wildman–Crippen MR) is 99.6 cm³/mol. The number of nitrogens with one attached hydrogen (secondary N) is 2. The zero-order chi connectivity index (χ0) is 16.4. The van der Waals surface area contributed by atoms with Crippen molar-refractivity contribution in [2.75, 3.05) is 43.4 Å². The number of imidazole rings is 1. The Morgan fingerprint density at radius 1 is 1.04 bits per heavy atom. The van der Waals surface area contributed by atoms with Crippen LogP contribution in [0.5, 0.6) is 0 Å². The molecule has 1 aromatic heterocycles. The summed E-state index contributed by atoms with van der Waals surface area (Å²) in [5.74, 6) is 0.824. The Kier molecular flexibility index (Phi) is 4.09. The molecular formula is C19H23N5. The summed E-state index contributed by atoms with van der Waals surface area (Å²) in [5, 5.41) is 3.37. The van der Waals surface area contributed by atoms with Gasteiger partial charge in [0.25, 0.3) is 0 Å². The number of H-pyrrole nitrogens is 1. The van der Waals surface area contributed by atoms with Gasteiger partial charge >= 0.3 is 0 Å². The van der Waals surface area contributed by atoms with Gasteiger partial charge in [-0.1, -0.05) is 30.3 Å². The number of benzene rings is 2. The number of hydrogen-bond acceptors (Lipinski definition) is 4. The van der Waals surface area contributed by atoms with Crippen LogP contribution in [-0.2, 0) is 6.54 Å². The molecule has 2 N–H and O–H groups in total. The zero-order valence-corrected chi connectivity index (χ0v) is 14.0. The lowest BCUT2D eigenvalue weighted by molar-refractivity contribution is 0.313. The van der Waals surface area contributed by atoms with Crippen LogP contribution < -0.4 is 10.2 Å². The summed E-state index contributed by atoms with van der Waals surface area (Å²) in [7, 11) is 2.18. The third-order valence-corrected chi connectivity index (χ3v) is 4.64. The molecule has 124 valence electrons. The maximum Gasteiger partial charge on any atom is 0.201 e. The molecule has 0 radical (unpaired) electrons. The number of aromatic amines is 1. The van der Waals surface area contributed by atoms with Crippen molar-refractivity contribution in [3.8, 4) is 0 Å². The Balaban J connectivity index is 1.49. The van der Waals surface area contributed by atoms with Crippen molar-refractivity contribution in [2.24, 2.45) is 0 Å². The molecule has 5 heteroatoms. The van der Waals surface area contributed by atoms with Crippen LogP contribution in [0.1, 0.15) is 5.56 Å². The fraction of sp³-hybridized carbons (Fsp3) is 0.316. The third kappa shape index (κ3) is 3.21. The molecule has 4 rings (SSSR count). The molecule has 0 unspecified atom stereocenters. The van der Waals surface area contributed by atoms with Crippen molar-refractivity contribution in [3.63, 3.8) is 0 Å². The quantitative estimate of drug-likeness (QED) is 0.776. The van der Waals surface area contributed by atoms with E-state index in [9.17, 15) is 0 Å². The lowest BCUT2D eigenvalue weighted by Gasteiger charge is -2.34. The van der Waals surface area contributed by atoms with Crippen molar-refractivity contribution in [1.29, 1.82) is 0 Å². The van der Waals surface area contributed by atoms with Crippen molar-refractivity contribution in [3.05, 3.63) is 54.1 Å². The van der Waals surface area contributed by atoms with Crippen molar-refractivity contribution < 1.29 is 0 Å². The second-order valence-corrected chi connectivity index (χ2v) is 6.42. The first-order valence-corrected chi connectivity index (χ1v) is 8.49. The van der Waals surface area contributed by atoms with Crippen LogP contribution in [-0.4, -0.2) is 48.1 Å². The Bertz CT molecular complexity index is 803. The standard InChI is InChI=1S/C19H23N5/c1-23-9-11-24(12-10-23)16-7-8-17-18(13-16)22-19(21-17)20-14-15-5-3-2-4-6-15/h2-8,13H,9-12,14H2,1H3,(H2,20,21,22). The van der Waals surface area contributed by atoms with Gasteiger partial charge in [-0.25, -0.2) is 4.98 Å². The molecule has 0 saturated carbocycles. The molecule has 2 aromatic carbocycles. The Hall–Kier alpha value is -2.53. The molecular weight excluding hydrogens is 298 g/mol. The summed E-state index contributed by atoms with van der Waals surface area (Å²) in [6.45, 7) is 5.16. The minimum atomic E-state index is 0.770. The molecule has 5 nitrogen and oxygen atoms in total. The second kappa shape index (κ2) is 6.53. The smallest absolute Gasteiger partial charge is 0.201 e. The fourth-order valence-corrected chi connectivity index (χ4v) is 3.12. The summed E-state index contributed by atoms with van der Waals surface area (Å²) >= 11 is 0. The maximum atomic E-state index is 4.63. The Morgan fingerprint density at radius 2 is 1.83 bits per heavy atom. The number of rotatable bonds is 4. The second-order valence-electron chi connectivity index (χ2n) is 6.42. The lowest BCUT2D eigenvalue weighted by Crippen LogP contribution is -2.44. The number of aromatic nitrogens is 2. The van der Waals surface area contributed by atoms with E-state index in [4.69, 9.17) is 0 Å². The molecule has 0 atom stereocenters. The largest absolute Gasteiger partial charge is 0.369 e. The molecule has 24 heavy (non-hydrogen) atoms. The number of nitrogens with zero attached hydrogens (tertiary/aromatic N) is 3. The van der Waals surface area contributed by atoms with Gasteiger partial charge in [-0.15, -0.1) is 0 Å². The van der Waals surface area contributed by atoms with Gasteiger partial charge in [-0.2, -0.15) is 0 Å². The highest BCUT2D eigenvalue weighted by Gasteiger charge is 2.15. The van der Waals surface area contributed by atoms with Crippen LogP contribution in [0.25, 0.3) is 11.0 Å². The third-order valence-electron chi connectivity index (χ3n) is 4.64. The van der Waals surface area contributed by atoms with Gasteiger partial charge < -0.3 is 20.1 Å². The van der Waals surface area contributed by atoms with E-state index in [1.807, 2.05) is 6.07 Å². The van der Waals surface area contributed by atoms with E-state index in [0.29, 0.717) is 0 Å². The van der Waals surface area contributed by atoms with E-state index in [0.717, 1.165) is 49.7 Å². The van der Waals surface area contributed by atoms with Crippen LogP contribution in [0, 0.1) is 0 Å². The normalized spacial score (nSPS) is 15.8. The predicted octanol–water partition coefficient (Wildman–Crippen LogP) is 2.93. The molecule has 0 spiro atoms. The van der Waals surface area contributed by atoms with Gasteiger partial charge in [-0.05, 0) is 30.8 Å². The van der Waals surface area contributed by atoms with Gasteiger partial charge in [0.05, 0.1) is 11.0 Å². The molecule has 0 bridgehead atoms. The van der Waals surface area contributed by atoms with Crippen LogP contribution in [0.15, 0.2) is 48.5 Å². The summed E-state index contributed by atoms with van der Waals surface area (Å²) in [5.41, 5.74) is 4.61. The minimum absolute atomic E-state index is 0.770. The van der Waals surface area contributed by atoms with Crippen LogP contribution in [0.3, 0.4) is 0 Å². The number of likely N-dealkylation sites (N-methyl/N-ethyl adjacent to an activating group) is 1. The van der Waals surface area contributed by atoms with Crippen molar-refractivity contribution in [2.45, 2.75) is 6.54 Å². The van der Waals surface area contributed by atoms with E-state index in [1.54, 1.807) is 0 Å². The summed E-state index contributed by atoms with van der Waals surface area (Å²) < 4.78 is 0. The van der Waals surface area contributed by atoms with Crippen molar-refractivity contribution >= 4 is 22.7 Å². The van der Waals surface area contributed by atoms with E-state index in [2.05, 4.69) is 74.6 Å². The monoisotopic (exact) mass is 321 g/mol. The summed E-state index contributed by atoms with van der Waals surface area (Å²) in [6.07, 6.45) is 0. The van der Waals surface area contributed by atoms with E-state index in [1.165, 1.54) is 11.3 Å². The topological polar surface area (TPSA) is 47.2 Å². The molecule has 1 aliphatic heterocycles. The van der Waals surface area contributed by atoms with Crippen LogP contribution >= 0.6 is 0 Å². The van der Waals surface area contributed by atoms with Crippen LogP contribution in [0.2, 0.25) is 0 Å². The van der Waals surface area contributed by atoms with Crippen molar-refractivity contribution in [1.82, 2.24) is 14.9 Å². The van der Waals surface area contributed by atoms with E-state index < -0.39 is 0 Å². The van der Waals surface area contributed by atoms with E-state index >= 15 is 0 Å². The molecule has 1 fully saturated rings. The van der Waals surface area contributed by atoms with Gasteiger partial charge in [0, 0.05) is 38.4 Å². The number of fused-ring (bicyclic) bond motifs is 1. The first-order valence-electron chi connectivity index (χ1n) is 8.49. The molecule has 1 saturated heterocycles. The first-order chi connectivity index (χ1) is 11.8. The average molecular weight is 321 g/mol. The molecule has 0 amide bonds.